The Morgan fingerprint density at radius 2 is 1.78 bits per heavy atom. The van der Waals surface area contributed by atoms with Crippen LogP contribution in [0.3, 0.4) is 0 Å². The highest BCUT2D eigenvalue weighted by atomic mass is 16.3. The topological polar surface area (TPSA) is 75.4 Å². The maximum absolute atomic E-state index is 12.4. The summed E-state index contributed by atoms with van der Waals surface area (Å²) in [5.41, 5.74) is 8.50. The Labute approximate surface area is 134 Å². The molecule has 0 atom stereocenters. The predicted octanol–water partition coefficient (Wildman–Crippen LogP) is 3.56. The summed E-state index contributed by atoms with van der Waals surface area (Å²) in [4.78, 5) is 12.4. The lowest BCUT2D eigenvalue weighted by Crippen LogP contribution is -2.12. The van der Waals surface area contributed by atoms with E-state index in [0.29, 0.717) is 17.6 Å². The highest BCUT2D eigenvalue weighted by Crippen LogP contribution is 2.30. The molecule has 0 saturated heterocycles. The summed E-state index contributed by atoms with van der Waals surface area (Å²) in [6, 6.07) is 16.6. The van der Waals surface area contributed by atoms with Gasteiger partial charge in [-0.15, -0.1) is 0 Å². The van der Waals surface area contributed by atoms with E-state index in [4.69, 9.17) is 5.73 Å². The van der Waals surface area contributed by atoms with Gasteiger partial charge in [0.2, 0.25) is 0 Å². The maximum atomic E-state index is 12.4. The number of anilines is 1. The molecule has 0 radical (unpaired) electrons. The smallest absolute Gasteiger partial charge is 0.259 e. The Hall–Kier alpha value is -2.85. The molecule has 4 nitrogen and oxygen atoms in total. The highest BCUT2D eigenvalue weighted by Gasteiger charge is 2.14. The zero-order valence-corrected chi connectivity index (χ0v) is 12.8. The van der Waals surface area contributed by atoms with Gasteiger partial charge in [-0.1, -0.05) is 35.9 Å². The minimum absolute atomic E-state index is 0.00211. The van der Waals surface area contributed by atoms with Crippen molar-refractivity contribution in [2.45, 2.75) is 13.5 Å². The van der Waals surface area contributed by atoms with Crippen LogP contribution in [0.5, 0.6) is 5.75 Å². The minimum Gasteiger partial charge on any atom is -0.506 e. The fourth-order valence-electron chi connectivity index (χ4n) is 2.52. The lowest BCUT2D eigenvalue weighted by Gasteiger charge is -2.10. The average molecular weight is 306 g/mol. The molecule has 0 fully saturated rings. The molecule has 0 aromatic heterocycles. The second kappa shape index (κ2) is 6.10. The van der Waals surface area contributed by atoms with E-state index in [-0.39, 0.29) is 17.2 Å². The van der Waals surface area contributed by atoms with E-state index in [9.17, 15) is 9.90 Å². The lowest BCUT2D eigenvalue weighted by atomic mass is 10.0. The van der Waals surface area contributed by atoms with Gasteiger partial charge in [-0.05, 0) is 42.1 Å². The number of nitrogens with two attached hydrogens (primary N) is 1. The number of hydrogen-bond acceptors (Lipinski definition) is 3. The minimum atomic E-state index is -0.341. The quantitative estimate of drug-likeness (QED) is 0.692. The van der Waals surface area contributed by atoms with Crippen molar-refractivity contribution in [1.29, 1.82) is 0 Å². The molecule has 4 heteroatoms. The maximum Gasteiger partial charge on any atom is 0.259 e. The number of nitrogens with one attached hydrogen (secondary N) is 1. The molecule has 0 aliphatic rings. The Balaban J connectivity index is 1.92. The van der Waals surface area contributed by atoms with E-state index in [1.54, 1.807) is 18.2 Å². The van der Waals surface area contributed by atoms with Crippen LogP contribution in [-0.2, 0) is 6.54 Å². The summed E-state index contributed by atoms with van der Waals surface area (Å²) in [5, 5.41) is 14.8. The molecule has 0 heterocycles. The van der Waals surface area contributed by atoms with Crippen molar-refractivity contribution in [1.82, 2.24) is 0 Å². The Morgan fingerprint density at radius 3 is 2.48 bits per heavy atom. The average Bonchev–Trinajstić information content (AvgIpc) is 2.56. The number of hydrogen-bond donors (Lipinski definition) is 3. The fourth-order valence-corrected chi connectivity index (χ4v) is 2.52. The zero-order chi connectivity index (χ0) is 16.4. The van der Waals surface area contributed by atoms with Gasteiger partial charge in [0, 0.05) is 17.6 Å². The van der Waals surface area contributed by atoms with E-state index in [0.717, 1.165) is 16.5 Å². The van der Waals surface area contributed by atoms with Gasteiger partial charge in [-0.3, -0.25) is 4.79 Å². The van der Waals surface area contributed by atoms with Gasteiger partial charge in [-0.25, -0.2) is 0 Å². The first-order chi connectivity index (χ1) is 11.1. The van der Waals surface area contributed by atoms with Gasteiger partial charge >= 0.3 is 0 Å². The first kappa shape index (κ1) is 15.1. The van der Waals surface area contributed by atoms with E-state index < -0.39 is 0 Å². The van der Waals surface area contributed by atoms with Crippen molar-refractivity contribution in [3.8, 4) is 5.75 Å². The van der Waals surface area contributed by atoms with E-state index >= 15 is 0 Å². The molecule has 4 N–H and O–H groups in total. The molecular formula is C19H18N2O2. The molecule has 0 bridgehead atoms. The Morgan fingerprint density at radius 1 is 1.09 bits per heavy atom. The summed E-state index contributed by atoms with van der Waals surface area (Å²) in [6.07, 6.45) is 0. The van der Waals surface area contributed by atoms with Crippen molar-refractivity contribution in [2.24, 2.45) is 5.73 Å². The number of phenolic OH excluding ortho intramolecular Hbond substituents is 1. The monoisotopic (exact) mass is 306 g/mol. The molecule has 0 unspecified atom stereocenters. The SMILES string of the molecule is Cc1ccc2ccc(C(=O)Nc3ccc(CN)cc3)c(O)c2c1. The van der Waals surface area contributed by atoms with Crippen molar-refractivity contribution in [3.63, 3.8) is 0 Å². The first-order valence-corrected chi connectivity index (χ1v) is 7.41. The molecule has 116 valence electrons. The predicted molar refractivity (Wildman–Crippen MR) is 92.6 cm³/mol. The van der Waals surface area contributed by atoms with E-state index in [1.807, 2.05) is 43.3 Å². The number of aryl methyl sites for hydroxylation is 1. The number of fused-ring (bicyclic) bond motifs is 1. The van der Waals surface area contributed by atoms with Crippen LogP contribution in [0.2, 0.25) is 0 Å². The Bertz CT molecular complexity index is 870. The van der Waals surface area contributed by atoms with Crippen LogP contribution in [0.1, 0.15) is 21.5 Å². The van der Waals surface area contributed by atoms with Crippen LogP contribution in [-0.4, -0.2) is 11.0 Å². The fraction of sp³-hybridized carbons (Fsp3) is 0.105. The molecule has 23 heavy (non-hydrogen) atoms. The first-order valence-electron chi connectivity index (χ1n) is 7.41. The molecular weight excluding hydrogens is 288 g/mol. The number of carbonyl (C=O) groups is 1. The van der Waals surface area contributed by atoms with Gasteiger partial charge in [0.25, 0.3) is 5.91 Å². The van der Waals surface area contributed by atoms with Crippen LogP contribution in [0.4, 0.5) is 5.69 Å². The number of phenols is 1. The van der Waals surface area contributed by atoms with Crippen LogP contribution in [0.15, 0.2) is 54.6 Å². The summed E-state index contributed by atoms with van der Waals surface area (Å²) in [6.45, 7) is 2.41. The molecule has 1 amide bonds. The van der Waals surface area contributed by atoms with Gasteiger partial charge in [0.1, 0.15) is 5.75 Å². The second-order valence-corrected chi connectivity index (χ2v) is 5.54. The summed E-state index contributed by atoms with van der Waals surface area (Å²) >= 11 is 0. The third kappa shape index (κ3) is 3.03. The molecule has 3 aromatic rings. The third-order valence-corrected chi connectivity index (χ3v) is 3.84. The van der Waals surface area contributed by atoms with Gasteiger partial charge in [0.05, 0.1) is 5.56 Å². The number of amides is 1. The molecule has 3 aromatic carbocycles. The summed E-state index contributed by atoms with van der Waals surface area (Å²) in [7, 11) is 0. The van der Waals surface area contributed by atoms with Gasteiger partial charge in [0.15, 0.2) is 0 Å². The number of rotatable bonds is 3. The summed E-state index contributed by atoms with van der Waals surface area (Å²) < 4.78 is 0. The van der Waals surface area contributed by atoms with Crippen molar-refractivity contribution in [2.75, 3.05) is 5.32 Å². The number of aromatic hydroxyl groups is 1. The van der Waals surface area contributed by atoms with Crippen LogP contribution < -0.4 is 11.1 Å². The largest absolute Gasteiger partial charge is 0.506 e. The number of carbonyl (C=O) groups excluding carboxylic acids is 1. The molecule has 0 spiro atoms. The normalized spacial score (nSPS) is 10.7. The molecule has 0 aliphatic carbocycles. The molecule has 0 saturated carbocycles. The lowest BCUT2D eigenvalue weighted by molar-refractivity contribution is 0.102. The van der Waals surface area contributed by atoms with Gasteiger partial charge < -0.3 is 16.2 Å². The van der Waals surface area contributed by atoms with Crippen molar-refractivity contribution in [3.05, 3.63) is 71.3 Å². The standard InChI is InChI=1S/C19H18N2O2/c1-12-2-5-14-6-9-16(18(22)17(14)10-12)19(23)21-15-7-3-13(11-20)4-8-15/h2-10,22H,11,20H2,1H3,(H,21,23). The molecule has 3 rings (SSSR count). The second-order valence-electron chi connectivity index (χ2n) is 5.54. The third-order valence-electron chi connectivity index (χ3n) is 3.84. The van der Waals surface area contributed by atoms with Crippen molar-refractivity contribution >= 4 is 22.4 Å². The van der Waals surface area contributed by atoms with Crippen molar-refractivity contribution < 1.29 is 9.90 Å². The zero-order valence-electron chi connectivity index (χ0n) is 12.8. The van der Waals surface area contributed by atoms with Crippen LogP contribution in [0, 0.1) is 6.92 Å². The van der Waals surface area contributed by atoms with Crippen LogP contribution >= 0.6 is 0 Å². The molecule has 0 aliphatic heterocycles. The van der Waals surface area contributed by atoms with Crippen LogP contribution in [0.25, 0.3) is 10.8 Å². The highest BCUT2D eigenvalue weighted by molar-refractivity contribution is 6.09. The van der Waals surface area contributed by atoms with Gasteiger partial charge in [-0.2, -0.15) is 0 Å². The summed E-state index contributed by atoms with van der Waals surface area (Å²) in [5.74, 6) is -0.339. The number of benzene rings is 3. The Kier molecular flexibility index (Phi) is 4.00. The van der Waals surface area contributed by atoms with E-state index in [2.05, 4.69) is 5.32 Å². The van der Waals surface area contributed by atoms with E-state index in [1.165, 1.54) is 0 Å².